The maximum atomic E-state index is 10.8. The van der Waals surface area contributed by atoms with Gasteiger partial charge in [-0.05, 0) is 13.8 Å². The molecule has 0 saturated heterocycles. The van der Waals surface area contributed by atoms with Crippen molar-refractivity contribution in [2.75, 3.05) is 0 Å². The maximum absolute atomic E-state index is 10.8. The molecule has 0 aromatic rings. The molecule has 0 aliphatic carbocycles. The molecule has 0 rings (SSSR count). The number of carbonyl (C=O) groups excluding carboxylic acids is 1. The zero-order valence-corrected chi connectivity index (χ0v) is 9.50. The fraction of sp³-hybridized carbons (Fsp3) is 0.667. The standard InChI is InChI=1S/C6H12N2O3.Na.H/c1-3(7)5(9)8-4(2)6(10)11;;/h3-4H,7H2,1-2H3,(H,8,9)(H,10,11);;/q;+1;-1. The summed E-state index contributed by atoms with van der Waals surface area (Å²) >= 11 is 0. The first-order chi connectivity index (χ1) is 4.95. The van der Waals surface area contributed by atoms with E-state index in [4.69, 9.17) is 10.8 Å². The number of rotatable bonds is 3. The second-order valence-corrected chi connectivity index (χ2v) is 2.36. The van der Waals surface area contributed by atoms with E-state index in [-0.39, 0.29) is 31.0 Å². The Bertz CT molecular complexity index is 177. The Morgan fingerprint density at radius 2 is 1.92 bits per heavy atom. The van der Waals surface area contributed by atoms with Crippen LogP contribution in [0.5, 0.6) is 0 Å². The van der Waals surface area contributed by atoms with E-state index in [0.717, 1.165) is 0 Å². The van der Waals surface area contributed by atoms with Crippen molar-refractivity contribution in [3.63, 3.8) is 0 Å². The Balaban J connectivity index is -0.000000500. The van der Waals surface area contributed by atoms with Crippen molar-refractivity contribution in [3.8, 4) is 0 Å². The SMILES string of the molecule is CC(N)C(=O)NC(C)C(=O)O.[H-].[Na+]. The minimum atomic E-state index is -1.07. The van der Waals surface area contributed by atoms with Crippen LogP contribution in [0.4, 0.5) is 0 Å². The first-order valence-electron chi connectivity index (χ1n) is 3.24. The Labute approximate surface area is 94.5 Å². The van der Waals surface area contributed by atoms with Gasteiger partial charge in [0, 0.05) is 0 Å². The number of hydrogen-bond acceptors (Lipinski definition) is 3. The van der Waals surface area contributed by atoms with E-state index in [0.29, 0.717) is 0 Å². The van der Waals surface area contributed by atoms with E-state index in [1.54, 1.807) is 0 Å². The molecule has 0 spiro atoms. The van der Waals surface area contributed by atoms with Crippen molar-refractivity contribution in [2.24, 2.45) is 5.73 Å². The van der Waals surface area contributed by atoms with E-state index in [1.165, 1.54) is 13.8 Å². The van der Waals surface area contributed by atoms with Crippen molar-refractivity contribution >= 4 is 11.9 Å². The molecule has 0 heterocycles. The molecule has 1 amide bonds. The predicted molar refractivity (Wildman–Crippen MR) is 40.0 cm³/mol. The molecular formula is C6H13N2NaO3. The van der Waals surface area contributed by atoms with Gasteiger partial charge in [0.25, 0.3) is 0 Å². The van der Waals surface area contributed by atoms with Gasteiger partial charge < -0.3 is 17.6 Å². The quantitative estimate of drug-likeness (QED) is 0.390. The molecule has 0 saturated carbocycles. The number of aliphatic carboxylic acids is 1. The summed E-state index contributed by atoms with van der Waals surface area (Å²) in [5, 5.41) is 10.6. The van der Waals surface area contributed by atoms with E-state index < -0.39 is 24.0 Å². The molecule has 0 fully saturated rings. The van der Waals surface area contributed by atoms with Gasteiger partial charge in [-0.25, -0.2) is 0 Å². The number of nitrogens with one attached hydrogen (secondary N) is 1. The molecule has 5 nitrogen and oxygen atoms in total. The van der Waals surface area contributed by atoms with E-state index >= 15 is 0 Å². The zero-order chi connectivity index (χ0) is 9.02. The number of hydrogen-bond donors (Lipinski definition) is 3. The molecule has 6 heteroatoms. The first kappa shape index (κ1) is 14.4. The number of nitrogens with two attached hydrogens (primary N) is 1. The van der Waals surface area contributed by atoms with Crippen LogP contribution in [0.25, 0.3) is 0 Å². The van der Waals surface area contributed by atoms with Gasteiger partial charge in [0.15, 0.2) is 0 Å². The molecule has 4 N–H and O–H groups in total. The largest absolute Gasteiger partial charge is 1.00 e. The summed E-state index contributed by atoms with van der Waals surface area (Å²) in [5.74, 6) is -1.53. The zero-order valence-electron chi connectivity index (χ0n) is 8.50. The van der Waals surface area contributed by atoms with Crippen molar-refractivity contribution in [3.05, 3.63) is 0 Å². The molecule has 66 valence electrons. The van der Waals surface area contributed by atoms with Crippen LogP contribution in [0, 0.1) is 0 Å². The second kappa shape index (κ2) is 6.42. The molecule has 12 heavy (non-hydrogen) atoms. The molecule has 0 aromatic heterocycles. The average molecular weight is 184 g/mol. The van der Waals surface area contributed by atoms with Gasteiger partial charge in [-0.15, -0.1) is 0 Å². The van der Waals surface area contributed by atoms with Crippen LogP contribution in [0.1, 0.15) is 15.3 Å². The normalized spacial score (nSPS) is 13.9. The Kier molecular flexibility index (Phi) is 7.72. The van der Waals surface area contributed by atoms with Gasteiger partial charge in [0.05, 0.1) is 6.04 Å². The molecule has 0 bridgehead atoms. The molecule has 2 atom stereocenters. The Hall–Kier alpha value is -0.100. The third kappa shape index (κ3) is 5.54. The van der Waals surface area contributed by atoms with Gasteiger partial charge in [0.2, 0.25) is 5.91 Å². The van der Waals surface area contributed by atoms with E-state index in [1.807, 2.05) is 0 Å². The van der Waals surface area contributed by atoms with Crippen LogP contribution in [0.3, 0.4) is 0 Å². The molecule has 0 aromatic carbocycles. The molecule has 0 aliphatic heterocycles. The third-order valence-corrected chi connectivity index (χ3v) is 1.14. The van der Waals surface area contributed by atoms with Crippen molar-refractivity contribution in [1.82, 2.24) is 5.32 Å². The Morgan fingerprint density at radius 1 is 1.50 bits per heavy atom. The molecule has 2 unspecified atom stereocenters. The predicted octanol–water partition coefficient (Wildman–Crippen LogP) is -3.96. The molecular weight excluding hydrogens is 171 g/mol. The van der Waals surface area contributed by atoms with Crippen LogP contribution in [0.2, 0.25) is 0 Å². The molecule has 0 aliphatic rings. The van der Waals surface area contributed by atoms with Gasteiger partial charge in [-0.3, -0.25) is 9.59 Å². The van der Waals surface area contributed by atoms with Gasteiger partial charge >= 0.3 is 35.5 Å². The topological polar surface area (TPSA) is 92.4 Å². The summed E-state index contributed by atoms with van der Waals surface area (Å²) in [6, 6.07) is -1.55. The van der Waals surface area contributed by atoms with Crippen LogP contribution in [-0.4, -0.2) is 29.1 Å². The molecule has 0 radical (unpaired) electrons. The summed E-state index contributed by atoms with van der Waals surface area (Å²) in [6.07, 6.45) is 0. The van der Waals surface area contributed by atoms with Crippen molar-refractivity contribution in [2.45, 2.75) is 25.9 Å². The van der Waals surface area contributed by atoms with Crippen LogP contribution in [-0.2, 0) is 9.59 Å². The van der Waals surface area contributed by atoms with Crippen LogP contribution >= 0.6 is 0 Å². The fourth-order valence-electron chi connectivity index (χ4n) is 0.407. The summed E-state index contributed by atoms with van der Waals surface area (Å²) in [4.78, 5) is 21.0. The van der Waals surface area contributed by atoms with Crippen LogP contribution < -0.4 is 40.6 Å². The third-order valence-electron chi connectivity index (χ3n) is 1.14. The maximum Gasteiger partial charge on any atom is 1.00 e. The first-order valence-corrected chi connectivity index (χ1v) is 3.24. The summed E-state index contributed by atoms with van der Waals surface area (Å²) in [7, 11) is 0. The number of amides is 1. The average Bonchev–Trinajstić information content (AvgIpc) is 1.87. The van der Waals surface area contributed by atoms with Crippen LogP contribution in [0.15, 0.2) is 0 Å². The Morgan fingerprint density at radius 3 is 2.17 bits per heavy atom. The fourth-order valence-corrected chi connectivity index (χ4v) is 0.407. The number of carboxylic acid groups (broad SMARTS) is 1. The van der Waals surface area contributed by atoms with Gasteiger partial charge in [0.1, 0.15) is 6.04 Å². The van der Waals surface area contributed by atoms with Crippen molar-refractivity contribution < 1.29 is 45.7 Å². The second-order valence-electron chi connectivity index (χ2n) is 2.36. The number of carbonyl (C=O) groups is 2. The summed E-state index contributed by atoms with van der Waals surface area (Å²) in [6.45, 7) is 2.87. The monoisotopic (exact) mass is 184 g/mol. The van der Waals surface area contributed by atoms with Gasteiger partial charge in [-0.1, -0.05) is 0 Å². The van der Waals surface area contributed by atoms with Gasteiger partial charge in [-0.2, -0.15) is 0 Å². The summed E-state index contributed by atoms with van der Waals surface area (Å²) < 4.78 is 0. The number of carboxylic acids is 1. The smallest absolute Gasteiger partial charge is 1.00 e. The van der Waals surface area contributed by atoms with E-state index in [9.17, 15) is 9.59 Å². The van der Waals surface area contributed by atoms with E-state index in [2.05, 4.69) is 5.32 Å². The summed E-state index contributed by atoms with van der Waals surface area (Å²) in [5.41, 5.74) is 5.18. The van der Waals surface area contributed by atoms with Crippen molar-refractivity contribution in [1.29, 1.82) is 0 Å². The minimum absolute atomic E-state index is 0. The minimum Gasteiger partial charge on any atom is -1.00 e.